The van der Waals surface area contributed by atoms with Crippen LogP contribution in [0.4, 0.5) is 14.7 Å². The normalized spacial score (nSPS) is 11.1. The Morgan fingerprint density at radius 2 is 1.89 bits per heavy atom. The Hall–Kier alpha value is -2.43. The van der Waals surface area contributed by atoms with E-state index in [2.05, 4.69) is 4.98 Å². The molecule has 0 aliphatic rings. The van der Waals surface area contributed by atoms with E-state index in [1.807, 2.05) is 6.92 Å². The van der Waals surface area contributed by atoms with Gasteiger partial charge >= 0.3 is 0 Å². The van der Waals surface area contributed by atoms with Crippen molar-refractivity contribution in [2.45, 2.75) is 6.92 Å². The van der Waals surface area contributed by atoms with Gasteiger partial charge in [-0.3, -0.25) is 4.57 Å². The first-order valence-corrected chi connectivity index (χ1v) is 5.77. The van der Waals surface area contributed by atoms with Crippen LogP contribution in [0.2, 0.25) is 0 Å². The number of nitrogens with zero attached hydrogens (tertiary/aromatic N) is 2. The average Bonchev–Trinajstić information content (AvgIpc) is 2.70. The molecule has 0 atom stereocenters. The number of halogens is 2. The third-order valence-corrected chi connectivity index (χ3v) is 3.00. The minimum absolute atomic E-state index is 0.0598. The SMILES string of the molecule is Cc1ccc(F)c(-n2c(N)nc3c(F)cccc32)c1. The summed E-state index contributed by atoms with van der Waals surface area (Å²) in [5.74, 6) is -0.846. The van der Waals surface area contributed by atoms with Crippen molar-refractivity contribution in [2.75, 3.05) is 5.73 Å². The van der Waals surface area contributed by atoms with E-state index in [-0.39, 0.29) is 17.2 Å². The molecule has 3 rings (SSSR count). The van der Waals surface area contributed by atoms with Crippen LogP contribution in [-0.4, -0.2) is 9.55 Å². The molecule has 0 bridgehead atoms. The summed E-state index contributed by atoms with van der Waals surface area (Å²) in [5, 5.41) is 0. The Balaban J connectivity index is 2.39. The lowest BCUT2D eigenvalue weighted by atomic mass is 10.2. The first-order valence-electron chi connectivity index (χ1n) is 5.77. The molecule has 3 nitrogen and oxygen atoms in total. The molecule has 0 spiro atoms. The number of hydrogen-bond acceptors (Lipinski definition) is 2. The number of fused-ring (bicyclic) bond motifs is 1. The Bertz CT molecular complexity index is 778. The second kappa shape index (κ2) is 4.05. The van der Waals surface area contributed by atoms with E-state index in [9.17, 15) is 8.78 Å². The second-order valence-corrected chi connectivity index (χ2v) is 4.37. The highest BCUT2D eigenvalue weighted by molar-refractivity contribution is 5.81. The van der Waals surface area contributed by atoms with Crippen molar-refractivity contribution in [1.82, 2.24) is 9.55 Å². The molecule has 0 unspecified atom stereocenters. The molecule has 0 amide bonds. The Morgan fingerprint density at radius 1 is 1.11 bits per heavy atom. The fourth-order valence-corrected chi connectivity index (χ4v) is 2.13. The molecule has 96 valence electrons. The first kappa shape index (κ1) is 11.6. The summed E-state index contributed by atoms with van der Waals surface area (Å²) in [5.41, 5.74) is 7.53. The number of para-hydroxylation sites is 1. The van der Waals surface area contributed by atoms with Gasteiger partial charge in [0, 0.05) is 0 Å². The van der Waals surface area contributed by atoms with Crippen LogP contribution in [0.5, 0.6) is 0 Å². The number of nitrogens with two attached hydrogens (primary N) is 1. The number of imidazole rings is 1. The topological polar surface area (TPSA) is 43.8 Å². The van der Waals surface area contributed by atoms with Crippen LogP contribution >= 0.6 is 0 Å². The predicted octanol–water partition coefficient (Wildman–Crippen LogP) is 3.19. The van der Waals surface area contributed by atoms with Gasteiger partial charge in [0.1, 0.15) is 11.3 Å². The van der Waals surface area contributed by atoms with Crippen molar-refractivity contribution in [3.63, 3.8) is 0 Å². The van der Waals surface area contributed by atoms with E-state index in [1.165, 1.54) is 16.7 Å². The monoisotopic (exact) mass is 259 g/mol. The second-order valence-electron chi connectivity index (χ2n) is 4.37. The lowest BCUT2D eigenvalue weighted by Gasteiger charge is -2.08. The zero-order chi connectivity index (χ0) is 13.6. The van der Waals surface area contributed by atoms with Gasteiger partial charge < -0.3 is 5.73 Å². The molecule has 1 aromatic heterocycles. The predicted molar refractivity (Wildman–Crippen MR) is 70.1 cm³/mol. The molecule has 0 aliphatic carbocycles. The molecular formula is C14H11F2N3. The molecule has 0 saturated carbocycles. The molecule has 0 aliphatic heterocycles. The third kappa shape index (κ3) is 1.74. The van der Waals surface area contributed by atoms with Gasteiger partial charge in [0.15, 0.2) is 5.82 Å². The lowest BCUT2D eigenvalue weighted by molar-refractivity contribution is 0.619. The Kier molecular flexibility index (Phi) is 2.48. The van der Waals surface area contributed by atoms with Gasteiger partial charge in [0.25, 0.3) is 0 Å². The number of aromatic nitrogens is 2. The van der Waals surface area contributed by atoms with Gasteiger partial charge in [-0.25, -0.2) is 13.8 Å². The minimum Gasteiger partial charge on any atom is -0.369 e. The fourth-order valence-electron chi connectivity index (χ4n) is 2.13. The average molecular weight is 259 g/mol. The molecule has 2 N–H and O–H groups in total. The van der Waals surface area contributed by atoms with Crippen LogP contribution in [-0.2, 0) is 0 Å². The molecule has 0 fully saturated rings. The molecule has 0 radical (unpaired) electrons. The highest BCUT2D eigenvalue weighted by Crippen LogP contribution is 2.26. The molecular weight excluding hydrogens is 248 g/mol. The van der Waals surface area contributed by atoms with Crippen LogP contribution in [0.3, 0.4) is 0 Å². The van der Waals surface area contributed by atoms with E-state index < -0.39 is 11.6 Å². The summed E-state index contributed by atoms with van der Waals surface area (Å²) in [7, 11) is 0. The quantitative estimate of drug-likeness (QED) is 0.729. The van der Waals surface area contributed by atoms with E-state index in [1.54, 1.807) is 24.3 Å². The highest BCUT2D eigenvalue weighted by Gasteiger charge is 2.15. The fraction of sp³-hybridized carbons (Fsp3) is 0.0714. The summed E-state index contributed by atoms with van der Waals surface area (Å²) >= 11 is 0. The van der Waals surface area contributed by atoms with Gasteiger partial charge in [0.2, 0.25) is 5.95 Å². The molecule has 3 aromatic rings. The number of nitrogen functional groups attached to an aromatic ring is 1. The summed E-state index contributed by atoms with van der Waals surface area (Å²) in [6, 6.07) is 9.17. The maximum atomic E-state index is 13.9. The summed E-state index contributed by atoms with van der Waals surface area (Å²) in [4.78, 5) is 3.96. The summed E-state index contributed by atoms with van der Waals surface area (Å²) < 4.78 is 29.0. The van der Waals surface area contributed by atoms with Crippen LogP contribution in [0, 0.1) is 18.6 Å². The van der Waals surface area contributed by atoms with Gasteiger partial charge in [-0.05, 0) is 36.8 Å². The Morgan fingerprint density at radius 3 is 2.68 bits per heavy atom. The number of rotatable bonds is 1. The smallest absolute Gasteiger partial charge is 0.206 e. The van der Waals surface area contributed by atoms with Crippen molar-refractivity contribution >= 4 is 17.0 Å². The van der Waals surface area contributed by atoms with Gasteiger partial charge in [0.05, 0.1) is 11.2 Å². The zero-order valence-electron chi connectivity index (χ0n) is 10.2. The maximum Gasteiger partial charge on any atom is 0.206 e. The van der Waals surface area contributed by atoms with E-state index in [4.69, 9.17) is 5.73 Å². The molecule has 1 heterocycles. The van der Waals surface area contributed by atoms with Gasteiger partial charge in [-0.2, -0.15) is 0 Å². The van der Waals surface area contributed by atoms with Crippen LogP contribution < -0.4 is 5.73 Å². The van der Waals surface area contributed by atoms with Gasteiger partial charge in [-0.15, -0.1) is 0 Å². The van der Waals surface area contributed by atoms with E-state index in [0.717, 1.165) is 5.56 Å². The number of hydrogen-bond donors (Lipinski definition) is 1. The lowest BCUT2D eigenvalue weighted by Crippen LogP contribution is -2.03. The zero-order valence-corrected chi connectivity index (χ0v) is 10.2. The Labute approximate surface area is 108 Å². The number of benzene rings is 2. The van der Waals surface area contributed by atoms with Crippen LogP contribution in [0.15, 0.2) is 36.4 Å². The van der Waals surface area contributed by atoms with Crippen LogP contribution in [0.25, 0.3) is 16.7 Å². The van der Waals surface area contributed by atoms with Crippen molar-refractivity contribution in [1.29, 1.82) is 0 Å². The molecule has 19 heavy (non-hydrogen) atoms. The molecule has 0 saturated heterocycles. The summed E-state index contributed by atoms with van der Waals surface area (Å²) in [6.07, 6.45) is 0. The third-order valence-electron chi connectivity index (χ3n) is 3.00. The van der Waals surface area contributed by atoms with E-state index in [0.29, 0.717) is 5.52 Å². The molecule has 2 aromatic carbocycles. The summed E-state index contributed by atoms with van der Waals surface area (Å²) in [6.45, 7) is 1.85. The van der Waals surface area contributed by atoms with Crippen molar-refractivity contribution in [2.24, 2.45) is 0 Å². The van der Waals surface area contributed by atoms with Crippen LogP contribution in [0.1, 0.15) is 5.56 Å². The molecule has 5 heteroatoms. The van der Waals surface area contributed by atoms with Crippen molar-refractivity contribution in [3.05, 3.63) is 53.6 Å². The van der Waals surface area contributed by atoms with Gasteiger partial charge in [-0.1, -0.05) is 12.1 Å². The first-order chi connectivity index (χ1) is 9.08. The highest BCUT2D eigenvalue weighted by atomic mass is 19.1. The number of anilines is 1. The largest absolute Gasteiger partial charge is 0.369 e. The van der Waals surface area contributed by atoms with E-state index >= 15 is 0 Å². The van der Waals surface area contributed by atoms with Crippen molar-refractivity contribution in [3.8, 4) is 5.69 Å². The van der Waals surface area contributed by atoms with Crippen molar-refractivity contribution < 1.29 is 8.78 Å². The maximum absolute atomic E-state index is 13.9. The minimum atomic E-state index is -0.476. The standard InChI is InChI=1S/C14H11F2N3/c1-8-5-6-9(15)12(7-8)19-11-4-2-3-10(16)13(11)18-14(19)17/h2-7H,1H3,(H2,17,18). The number of aryl methyl sites for hydroxylation is 1.